The van der Waals surface area contributed by atoms with Crippen molar-refractivity contribution in [2.45, 2.75) is 26.7 Å². The topological polar surface area (TPSA) is 40.5 Å². The zero-order chi connectivity index (χ0) is 18.3. The number of hydrogen-bond donors (Lipinski definition) is 2. The Balaban J connectivity index is 0.000000240. The molecule has 0 spiro atoms. The van der Waals surface area contributed by atoms with Gasteiger partial charge in [0.25, 0.3) is 0 Å². The third-order valence-electron chi connectivity index (χ3n) is 3.11. The van der Waals surface area contributed by atoms with Crippen LogP contribution in [0.2, 0.25) is 0 Å². The van der Waals surface area contributed by atoms with Crippen molar-refractivity contribution in [3.8, 4) is 11.5 Å². The third-order valence-corrected chi connectivity index (χ3v) is 4.35. The number of aromatic hydroxyl groups is 2. The second-order valence-corrected chi connectivity index (χ2v) is 7.55. The molecule has 0 saturated carbocycles. The lowest BCUT2D eigenvalue weighted by Gasteiger charge is -2.05. The minimum absolute atomic E-state index is 0.326. The van der Waals surface area contributed by atoms with Crippen molar-refractivity contribution in [3.63, 3.8) is 0 Å². The van der Waals surface area contributed by atoms with Crippen molar-refractivity contribution >= 4 is 31.9 Å². The molecule has 0 bridgehead atoms. The van der Waals surface area contributed by atoms with Gasteiger partial charge in [-0.25, -0.2) is 0 Å². The highest BCUT2D eigenvalue weighted by Crippen LogP contribution is 2.27. The lowest BCUT2D eigenvalue weighted by molar-refractivity contribution is 0.468. The van der Waals surface area contributed by atoms with Gasteiger partial charge in [-0.05, 0) is 56.5 Å². The van der Waals surface area contributed by atoms with Gasteiger partial charge in [0.15, 0.2) is 0 Å². The molecule has 0 aliphatic rings. The van der Waals surface area contributed by atoms with Gasteiger partial charge in [-0.15, -0.1) is 0 Å². The largest absolute Gasteiger partial charge is 0.508 e. The molecule has 0 unspecified atom stereocenters. The molecule has 0 atom stereocenters. The van der Waals surface area contributed by atoms with Crippen LogP contribution in [0.15, 0.2) is 69.6 Å². The quantitative estimate of drug-likeness (QED) is 0.515. The number of hydrogen-bond acceptors (Lipinski definition) is 2. The number of allylic oxidation sites excluding steroid dienone is 2. The molecule has 128 valence electrons. The van der Waals surface area contributed by atoms with Crippen LogP contribution in [0.25, 0.3) is 0 Å². The first kappa shape index (κ1) is 20.5. The zero-order valence-electron chi connectivity index (χ0n) is 13.9. The molecule has 4 heteroatoms. The molecule has 2 nitrogen and oxygen atoms in total. The van der Waals surface area contributed by atoms with E-state index in [2.05, 4.69) is 45.0 Å². The van der Waals surface area contributed by atoms with E-state index in [0.29, 0.717) is 17.9 Å². The maximum absolute atomic E-state index is 9.47. The molecule has 2 aromatic rings. The van der Waals surface area contributed by atoms with Crippen molar-refractivity contribution in [3.05, 3.63) is 80.8 Å². The van der Waals surface area contributed by atoms with Gasteiger partial charge >= 0.3 is 0 Å². The maximum atomic E-state index is 9.47. The Hall–Kier alpha value is -1.52. The Bertz CT molecular complexity index is 716. The highest BCUT2D eigenvalue weighted by atomic mass is 79.9. The van der Waals surface area contributed by atoms with Crippen LogP contribution in [0.3, 0.4) is 0 Å². The molecule has 0 aliphatic carbocycles. The average molecular weight is 454 g/mol. The van der Waals surface area contributed by atoms with Gasteiger partial charge in [0.1, 0.15) is 11.5 Å². The van der Waals surface area contributed by atoms with Gasteiger partial charge in [-0.1, -0.05) is 68.3 Å². The molecule has 24 heavy (non-hydrogen) atoms. The highest BCUT2D eigenvalue weighted by Gasteiger charge is 2.04. The van der Waals surface area contributed by atoms with Gasteiger partial charge in [0.05, 0.1) is 0 Å². The molecule has 2 aromatic carbocycles. The minimum atomic E-state index is 0.326. The second kappa shape index (κ2) is 9.70. The highest BCUT2D eigenvalue weighted by molar-refractivity contribution is 9.10. The molecule has 0 saturated heterocycles. The van der Waals surface area contributed by atoms with Crippen LogP contribution < -0.4 is 0 Å². The Morgan fingerprint density at radius 2 is 1.54 bits per heavy atom. The standard InChI is InChI=1S/2C10H11BrO/c1-7(2)5-8-3-4-9(11)6-10(8)12;1-7(2)6-8-9(11)4-3-5-10(8)12/h3-4,6,12H,1,5H2,2H3;3-5,12H,1,6H2,2H3. The van der Waals surface area contributed by atoms with Crippen LogP contribution in [0.5, 0.6) is 11.5 Å². The van der Waals surface area contributed by atoms with Gasteiger partial charge in [0, 0.05) is 14.5 Å². The fourth-order valence-electron chi connectivity index (χ4n) is 2.04. The van der Waals surface area contributed by atoms with Gasteiger partial charge in [-0.2, -0.15) is 0 Å². The van der Waals surface area contributed by atoms with Crippen LogP contribution in [0, 0.1) is 0 Å². The minimum Gasteiger partial charge on any atom is -0.508 e. The summed E-state index contributed by atoms with van der Waals surface area (Å²) in [5.41, 5.74) is 3.92. The van der Waals surface area contributed by atoms with E-state index in [4.69, 9.17) is 0 Å². The van der Waals surface area contributed by atoms with Crippen LogP contribution in [0.1, 0.15) is 25.0 Å². The predicted molar refractivity (Wildman–Crippen MR) is 109 cm³/mol. The number of phenols is 2. The molecule has 0 heterocycles. The summed E-state index contributed by atoms with van der Waals surface area (Å²) >= 11 is 6.65. The summed E-state index contributed by atoms with van der Waals surface area (Å²) in [5.74, 6) is 0.653. The molecule has 0 aromatic heterocycles. The molecule has 2 rings (SSSR count). The van der Waals surface area contributed by atoms with Gasteiger partial charge < -0.3 is 10.2 Å². The van der Waals surface area contributed by atoms with E-state index in [-0.39, 0.29) is 0 Å². The van der Waals surface area contributed by atoms with Crippen molar-refractivity contribution in [1.82, 2.24) is 0 Å². The third kappa shape index (κ3) is 6.93. The fraction of sp³-hybridized carbons (Fsp3) is 0.200. The molecule has 2 N–H and O–H groups in total. The second-order valence-electron chi connectivity index (χ2n) is 5.78. The molecular formula is C20H22Br2O2. The summed E-state index contributed by atoms with van der Waals surface area (Å²) in [6, 6.07) is 10.9. The summed E-state index contributed by atoms with van der Waals surface area (Å²) in [4.78, 5) is 0. The van der Waals surface area contributed by atoms with Crippen molar-refractivity contribution in [1.29, 1.82) is 0 Å². The van der Waals surface area contributed by atoms with Crippen LogP contribution in [-0.4, -0.2) is 10.2 Å². The SMILES string of the molecule is C=C(C)Cc1c(O)cccc1Br.C=C(C)Cc1ccc(Br)cc1O. The Kier molecular flexibility index (Phi) is 8.29. The summed E-state index contributed by atoms with van der Waals surface area (Å²) in [5, 5.41) is 18.9. The van der Waals surface area contributed by atoms with E-state index in [1.807, 2.05) is 32.0 Å². The van der Waals surface area contributed by atoms with Crippen molar-refractivity contribution in [2.75, 3.05) is 0 Å². The predicted octanol–water partition coefficient (Wildman–Crippen LogP) is 6.55. The number of phenolic OH excluding ortho intramolecular Hbond substituents is 2. The van der Waals surface area contributed by atoms with E-state index in [0.717, 1.165) is 37.6 Å². The van der Waals surface area contributed by atoms with Crippen LogP contribution in [-0.2, 0) is 12.8 Å². The lowest BCUT2D eigenvalue weighted by atomic mass is 10.1. The monoisotopic (exact) mass is 452 g/mol. The van der Waals surface area contributed by atoms with E-state index in [9.17, 15) is 10.2 Å². The Morgan fingerprint density at radius 1 is 0.917 bits per heavy atom. The molecule has 0 amide bonds. The van der Waals surface area contributed by atoms with Gasteiger partial charge in [0.2, 0.25) is 0 Å². The van der Waals surface area contributed by atoms with Crippen molar-refractivity contribution < 1.29 is 10.2 Å². The first-order chi connectivity index (χ1) is 11.2. The smallest absolute Gasteiger partial charge is 0.120 e. The molecule has 0 radical (unpaired) electrons. The molecule has 0 aliphatic heterocycles. The summed E-state index contributed by atoms with van der Waals surface area (Å²) in [7, 11) is 0. The first-order valence-corrected chi connectivity index (χ1v) is 9.01. The van der Waals surface area contributed by atoms with E-state index >= 15 is 0 Å². The van der Waals surface area contributed by atoms with Crippen molar-refractivity contribution in [2.24, 2.45) is 0 Å². The zero-order valence-corrected chi connectivity index (χ0v) is 17.1. The summed E-state index contributed by atoms with van der Waals surface area (Å²) in [6.07, 6.45) is 1.45. The maximum Gasteiger partial charge on any atom is 0.120 e. The number of rotatable bonds is 4. The molecular weight excluding hydrogens is 432 g/mol. The summed E-state index contributed by atoms with van der Waals surface area (Å²) in [6.45, 7) is 11.5. The van der Waals surface area contributed by atoms with Crippen LogP contribution in [0.4, 0.5) is 0 Å². The summed E-state index contributed by atoms with van der Waals surface area (Å²) < 4.78 is 1.83. The van der Waals surface area contributed by atoms with Gasteiger partial charge in [-0.3, -0.25) is 0 Å². The number of halogens is 2. The van der Waals surface area contributed by atoms with E-state index in [1.54, 1.807) is 18.2 Å². The first-order valence-electron chi connectivity index (χ1n) is 7.43. The Labute approximate surface area is 160 Å². The fourth-order valence-corrected chi connectivity index (χ4v) is 2.88. The normalized spacial score (nSPS) is 9.83. The number of benzene rings is 2. The Morgan fingerprint density at radius 3 is 2.04 bits per heavy atom. The lowest BCUT2D eigenvalue weighted by Crippen LogP contribution is -1.87. The molecule has 0 fully saturated rings. The van der Waals surface area contributed by atoms with E-state index < -0.39 is 0 Å². The van der Waals surface area contributed by atoms with E-state index in [1.165, 1.54) is 0 Å². The van der Waals surface area contributed by atoms with Crippen LogP contribution >= 0.6 is 31.9 Å². The average Bonchev–Trinajstić information content (AvgIpc) is 2.46.